The molecular weight excluding hydrogens is 1620 g/mol. The van der Waals surface area contributed by atoms with Crippen LogP contribution in [0.2, 0.25) is 0 Å². The molecule has 0 aliphatic heterocycles. The number of benzene rings is 18. The van der Waals surface area contributed by atoms with E-state index in [0.29, 0.717) is 0 Å². The van der Waals surface area contributed by atoms with Gasteiger partial charge in [-0.3, -0.25) is 13.7 Å². The Morgan fingerprint density at radius 1 is 0.162 bits per heavy atom. The van der Waals surface area contributed by atoms with Gasteiger partial charge in [-0.15, -0.1) is 11.3 Å². The number of aromatic nitrogens is 9. The first-order valence-corrected chi connectivity index (χ1v) is 44.3. The minimum atomic E-state index is 0.783. The number of rotatable bonds is 6. The Morgan fingerprint density at radius 3 is 0.754 bits per heavy atom. The third-order valence-corrected chi connectivity index (χ3v) is 28.9. The van der Waals surface area contributed by atoms with Crippen LogP contribution in [0.4, 0.5) is 0 Å². The fourth-order valence-corrected chi connectivity index (χ4v) is 23.8. The highest BCUT2D eigenvalue weighted by Gasteiger charge is 2.34. The van der Waals surface area contributed by atoms with Gasteiger partial charge in [0.2, 0.25) is 0 Å². The van der Waals surface area contributed by atoms with Crippen LogP contribution in [0.15, 0.2) is 360 Å². The second kappa shape index (κ2) is 24.3. The van der Waals surface area contributed by atoms with Crippen molar-refractivity contribution in [3.63, 3.8) is 0 Å². The van der Waals surface area contributed by atoms with Crippen LogP contribution in [0.25, 0.3) is 323 Å². The molecular formula is C114H55N9O6S. The maximum atomic E-state index is 6.59. The summed E-state index contributed by atoms with van der Waals surface area (Å²) >= 11 is 1.86. The Morgan fingerprint density at radius 2 is 0.400 bits per heavy atom. The lowest BCUT2D eigenvalue weighted by molar-refractivity contribution is 0.660. The van der Waals surface area contributed by atoms with Crippen molar-refractivity contribution in [2.45, 2.75) is 0 Å². The largest absolute Gasteiger partial charge is 0.456 e. The van der Waals surface area contributed by atoms with E-state index in [1.807, 2.05) is 151 Å². The van der Waals surface area contributed by atoms with Gasteiger partial charge in [-0.05, 0) is 179 Å². The van der Waals surface area contributed by atoms with E-state index in [-0.39, 0.29) is 0 Å². The van der Waals surface area contributed by atoms with Crippen molar-refractivity contribution in [1.29, 1.82) is 0 Å². The third kappa shape index (κ3) is 8.63. The van der Waals surface area contributed by atoms with Gasteiger partial charge in [0.05, 0.1) is 66.2 Å². The highest BCUT2D eigenvalue weighted by Crippen LogP contribution is 2.57. The highest BCUT2D eigenvalue weighted by atomic mass is 32.1. The Hall–Kier alpha value is -17.6. The molecule has 0 spiro atoms. The van der Waals surface area contributed by atoms with Gasteiger partial charge < -0.3 is 26.5 Å². The van der Waals surface area contributed by atoms with Crippen LogP contribution in [0.3, 0.4) is 0 Å². The molecule has 0 N–H and O–H groups in total. The van der Waals surface area contributed by atoms with Crippen LogP contribution >= 0.6 is 11.3 Å². The molecule has 0 saturated heterocycles. The van der Waals surface area contributed by atoms with E-state index in [0.717, 1.165) is 260 Å². The molecule has 0 aliphatic rings. The minimum absolute atomic E-state index is 0.783. The molecule has 34 rings (SSSR count). The van der Waals surface area contributed by atoms with E-state index in [1.165, 1.54) is 63.3 Å². The Kier molecular flexibility index (Phi) is 12.7. The molecule has 0 unspecified atom stereocenters. The monoisotopic (exact) mass is 1680 g/mol. The van der Waals surface area contributed by atoms with Crippen molar-refractivity contribution in [2.75, 3.05) is 0 Å². The quantitative estimate of drug-likeness (QED) is 0.155. The Bertz CT molecular complexity index is 10300. The summed E-state index contributed by atoms with van der Waals surface area (Å²) in [4.78, 5) is 31.6. The molecule has 21 aromatic carbocycles. The minimum Gasteiger partial charge on any atom is -0.456 e. The van der Waals surface area contributed by atoms with Gasteiger partial charge in [0.15, 0.2) is 17.5 Å². The first-order valence-electron chi connectivity index (χ1n) is 43.5. The summed E-state index contributed by atoms with van der Waals surface area (Å²) in [5, 5.41) is 27.7. The van der Waals surface area contributed by atoms with Crippen molar-refractivity contribution >= 4 is 283 Å². The summed E-state index contributed by atoms with van der Waals surface area (Å²) < 4.78 is 48.6. The highest BCUT2D eigenvalue weighted by molar-refractivity contribution is 7.26. The number of furan rings is 6. The van der Waals surface area contributed by atoms with Crippen LogP contribution in [-0.4, -0.2) is 43.6 Å². The van der Waals surface area contributed by atoms with Gasteiger partial charge in [-0.25, -0.2) is 29.9 Å². The molecule has 598 valence electrons. The first-order chi connectivity index (χ1) is 64.5. The number of fused-ring (bicyclic) bond motifs is 5. The standard InChI is InChI=1S/C38H17N3O3.C38H19N3O2.C38H19N3OS/c1-2-6-18(7-3-1)37-38(40-20-9-5-4-8-19(20)39-37)41-21-10-12-23-31-29(21)30-22(41)11-13-24-32(30)34-26(43-24)15-17-28-36(34)35-27(44-28)16-14-25(42-23)33(31)35;1-2-8-20(9-3-1)37-38(40-24-13-5-4-12-23(24)39-37)41-25-14-6-10-21-22-11-7-15-27-32(22)34-29(42-27)18-19-30-36(34)35-28(43-30)17-16-26(41)33(35)31(21)25;1-2-8-20(9-3-1)37-38(40-24-13-5-4-12-23(24)39-37)41-25-14-6-10-21-22-11-7-15-29-32(22)36-30(43-29)19-18-28-35(36)34-27(42-28)17-16-26(41)33(34)31(21)25/h1-17H;2*1-19H. The SMILES string of the molecule is c1ccc(-c2nc3ccccc3nc2-n2c3ccc4oc5ccc6oc7ccc8oc9ccc2c2c9c8c7c6c5c4c23)cc1.c1ccc(-c2nc3ccccc3nc2-n2c3cccc4c5cccc6oc7ccc8oc9ccc2c(c9c8c7c65)c43)cc1.c1ccc(-c2nc3ccccc3nc2-n2c3cccc4c5cccc6sc7ccc8oc9ccc2c(c9c8c7c65)c43)cc1. The van der Waals surface area contributed by atoms with Crippen LogP contribution in [0, 0.1) is 0 Å². The number of nitrogens with zero attached hydrogens (tertiary/aromatic N) is 9. The number of thiophene rings is 1. The van der Waals surface area contributed by atoms with Crippen molar-refractivity contribution < 1.29 is 26.5 Å². The molecule has 130 heavy (non-hydrogen) atoms. The topological polar surface area (TPSA) is 171 Å². The van der Waals surface area contributed by atoms with Gasteiger partial charge in [-0.2, -0.15) is 0 Å². The van der Waals surface area contributed by atoms with Gasteiger partial charge in [0, 0.05) is 134 Å². The zero-order chi connectivity index (χ0) is 83.9. The molecule has 0 radical (unpaired) electrons. The van der Waals surface area contributed by atoms with Crippen molar-refractivity contribution in [3.8, 4) is 51.2 Å². The summed E-state index contributed by atoms with van der Waals surface area (Å²) in [5.41, 5.74) is 27.6. The Labute approximate surface area is 733 Å². The van der Waals surface area contributed by atoms with Gasteiger partial charge in [0.25, 0.3) is 0 Å². The molecule has 0 bridgehead atoms. The molecule has 0 amide bonds. The third-order valence-electron chi connectivity index (χ3n) is 27.7. The average Bonchev–Trinajstić information content (AvgIpc) is 1.53. The van der Waals surface area contributed by atoms with Crippen LogP contribution in [-0.2, 0) is 0 Å². The smallest absolute Gasteiger partial charge is 0.165 e. The first kappa shape index (κ1) is 67.8. The summed E-state index contributed by atoms with van der Waals surface area (Å²) in [6.07, 6.45) is 0. The molecule has 13 aromatic heterocycles. The van der Waals surface area contributed by atoms with Crippen LogP contribution < -0.4 is 0 Å². The predicted octanol–water partition coefficient (Wildman–Crippen LogP) is 31.3. The van der Waals surface area contributed by atoms with E-state index >= 15 is 0 Å². The molecule has 0 atom stereocenters. The van der Waals surface area contributed by atoms with E-state index in [1.54, 1.807) is 0 Å². The number of hydrogen-bond donors (Lipinski definition) is 0. The molecule has 13 heterocycles. The summed E-state index contributed by atoms with van der Waals surface area (Å²) in [6.45, 7) is 0. The summed E-state index contributed by atoms with van der Waals surface area (Å²) in [6, 6.07) is 115. The normalized spacial score (nSPS) is 12.8. The van der Waals surface area contributed by atoms with Crippen molar-refractivity contribution in [3.05, 3.63) is 334 Å². The second-order valence-corrected chi connectivity index (χ2v) is 35.4. The summed E-state index contributed by atoms with van der Waals surface area (Å²) in [5.74, 6) is 2.41. The maximum absolute atomic E-state index is 6.59. The predicted molar refractivity (Wildman–Crippen MR) is 528 cm³/mol. The van der Waals surface area contributed by atoms with E-state index in [2.05, 4.69) is 208 Å². The van der Waals surface area contributed by atoms with Crippen LogP contribution in [0.5, 0.6) is 0 Å². The lowest BCUT2D eigenvalue weighted by atomic mass is 9.95. The lowest BCUT2D eigenvalue weighted by Crippen LogP contribution is -2.03. The van der Waals surface area contributed by atoms with E-state index in [4.69, 9.17) is 56.4 Å². The maximum Gasteiger partial charge on any atom is 0.165 e. The molecule has 15 nitrogen and oxygen atoms in total. The van der Waals surface area contributed by atoms with Crippen LogP contribution in [0.1, 0.15) is 0 Å². The molecule has 34 aromatic rings. The fourth-order valence-electron chi connectivity index (χ4n) is 22.6. The van der Waals surface area contributed by atoms with Gasteiger partial charge >= 0.3 is 0 Å². The Balaban J connectivity index is 0.0000000906. The molecule has 0 fully saturated rings. The fraction of sp³-hybridized carbons (Fsp3) is 0. The zero-order valence-corrected chi connectivity index (χ0v) is 69.0. The van der Waals surface area contributed by atoms with Gasteiger partial charge in [0.1, 0.15) is 84.1 Å². The molecule has 0 saturated carbocycles. The van der Waals surface area contributed by atoms with Crippen molar-refractivity contribution in [2.24, 2.45) is 0 Å². The van der Waals surface area contributed by atoms with Gasteiger partial charge in [-0.1, -0.05) is 176 Å². The van der Waals surface area contributed by atoms with E-state index < -0.39 is 0 Å². The average molecular weight is 1680 g/mol. The molecule has 16 heteroatoms. The van der Waals surface area contributed by atoms with Crippen molar-refractivity contribution in [1.82, 2.24) is 43.6 Å². The second-order valence-electron chi connectivity index (χ2n) is 34.3. The summed E-state index contributed by atoms with van der Waals surface area (Å²) in [7, 11) is 0. The zero-order valence-electron chi connectivity index (χ0n) is 68.1. The number of para-hydroxylation sites is 6. The molecule has 0 aliphatic carbocycles. The number of hydrogen-bond acceptors (Lipinski definition) is 13. The lowest BCUT2D eigenvalue weighted by Gasteiger charge is -2.13. The van der Waals surface area contributed by atoms with E-state index in [9.17, 15) is 0 Å².